The van der Waals surface area contributed by atoms with Gasteiger partial charge < -0.3 is 42.3 Å². The summed E-state index contributed by atoms with van der Waals surface area (Å²) < 4.78 is 0. The SMILES string of the molecule is CC(C)[C@H](NC(=O)CNC(=O)[C@@H]1CCCN1C(=O)[C@H](CCCNC(=N)N)NC(=O)[C@@H]1CCCN1)C(=O)O. The number of hydrogen-bond acceptors (Lipinski definition) is 7. The first kappa shape index (κ1) is 29.8. The van der Waals surface area contributed by atoms with Crippen molar-refractivity contribution in [1.29, 1.82) is 5.41 Å². The van der Waals surface area contributed by atoms with Crippen molar-refractivity contribution in [1.82, 2.24) is 31.5 Å². The molecule has 14 heteroatoms. The second-order valence-electron chi connectivity index (χ2n) is 9.73. The number of rotatable bonds is 13. The van der Waals surface area contributed by atoms with Crippen molar-refractivity contribution in [2.24, 2.45) is 11.7 Å². The molecule has 2 saturated heterocycles. The molecule has 208 valence electrons. The molecule has 2 aliphatic rings. The zero-order valence-electron chi connectivity index (χ0n) is 21.5. The molecule has 0 radical (unpaired) electrons. The van der Waals surface area contributed by atoms with Crippen molar-refractivity contribution in [3.05, 3.63) is 0 Å². The first-order chi connectivity index (χ1) is 17.5. The van der Waals surface area contributed by atoms with Gasteiger partial charge in [0.1, 0.15) is 18.1 Å². The standard InChI is InChI=1S/C23H40N8O6/c1-13(2)18(22(36)37)30-17(32)12-28-20(34)16-8-5-11-31(16)21(35)15(7-4-10-27-23(24)25)29-19(33)14-6-3-9-26-14/h13-16,18,26H,3-12H2,1-2H3,(H,28,34)(H,29,33)(H,30,32)(H,36,37)(H4,24,25,27)/t14-,15-,16-,18-/m0/s1. The van der Waals surface area contributed by atoms with E-state index >= 15 is 0 Å². The fraction of sp³-hybridized carbons (Fsp3) is 0.739. The van der Waals surface area contributed by atoms with Crippen LogP contribution in [0.3, 0.4) is 0 Å². The summed E-state index contributed by atoms with van der Waals surface area (Å²) in [6.45, 7) is 4.31. The quantitative estimate of drug-likeness (QED) is 0.0744. The van der Waals surface area contributed by atoms with E-state index in [-0.39, 0.29) is 36.2 Å². The van der Waals surface area contributed by atoms with Crippen LogP contribution < -0.4 is 32.3 Å². The van der Waals surface area contributed by atoms with Crippen LogP contribution in [-0.4, -0.2) is 95.9 Å². The molecule has 0 aromatic carbocycles. The highest BCUT2D eigenvalue weighted by Crippen LogP contribution is 2.20. The number of carboxylic acids is 1. The molecule has 2 heterocycles. The van der Waals surface area contributed by atoms with Gasteiger partial charge in [-0.25, -0.2) is 4.79 Å². The molecule has 0 aromatic heterocycles. The van der Waals surface area contributed by atoms with E-state index < -0.39 is 42.5 Å². The number of amides is 4. The highest BCUT2D eigenvalue weighted by atomic mass is 16.4. The Hall–Kier alpha value is -3.42. The molecule has 0 bridgehead atoms. The number of likely N-dealkylation sites (tertiary alicyclic amines) is 1. The predicted octanol–water partition coefficient (Wildman–Crippen LogP) is -2.18. The third kappa shape index (κ3) is 9.19. The predicted molar refractivity (Wildman–Crippen MR) is 134 cm³/mol. The molecule has 0 saturated carbocycles. The number of nitrogens with one attached hydrogen (secondary N) is 6. The number of hydrogen-bond donors (Lipinski definition) is 8. The Morgan fingerprint density at radius 2 is 1.81 bits per heavy atom. The summed E-state index contributed by atoms with van der Waals surface area (Å²) in [7, 11) is 0. The third-order valence-electron chi connectivity index (χ3n) is 6.49. The van der Waals surface area contributed by atoms with E-state index in [0.29, 0.717) is 38.8 Å². The van der Waals surface area contributed by atoms with Crippen molar-refractivity contribution in [2.75, 3.05) is 26.2 Å². The topological polar surface area (TPSA) is 219 Å². The lowest BCUT2D eigenvalue weighted by Gasteiger charge is -2.29. The summed E-state index contributed by atoms with van der Waals surface area (Å²) >= 11 is 0. The largest absolute Gasteiger partial charge is 0.480 e. The zero-order chi connectivity index (χ0) is 27.5. The Bertz CT molecular complexity index is 860. The average molecular weight is 525 g/mol. The van der Waals surface area contributed by atoms with E-state index in [0.717, 1.165) is 13.0 Å². The lowest BCUT2D eigenvalue weighted by atomic mass is 10.0. The molecule has 0 unspecified atom stereocenters. The summed E-state index contributed by atoms with van der Waals surface area (Å²) in [6, 6.07) is -3.12. The minimum absolute atomic E-state index is 0.189. The second-order valence-corrected chi connectivity index (χ2v) is 9.73. The Labute approximate surface area is 216 Å². The van der Waals surface area contributed by atoms with Crippen LogP contribution in [0.25, 0.3) is 0 Å². The maximum Gasteiger partial charge on any atom is 0.326 e. The van der Waals surface area contributed by atoms with Gasteiger partial charge in [-0.15, -0.1) is 0 Å². The van der Waals surface area contributed by atoms with Gasteiger partial charge in [0.05, 0.1) is 12.6 Å². The Morgan fingerprint density at radius 3 is 2.41 bits per heavy atom. The lowest BCUT2D eigenvalue weighted by molar-refractivity contribution is -0.143. The molecule has 37 heavy (non-hydrogen) atoms. The van der Waals surface area contributed by atoms with Crippen LogP contribution in [0, 0.1) is 11.3 Å². The smallest absolute Gasteiger partial charge is 0.326 e. The van der Waals surface area contributed by atoms with Crippen LogP contribution >= 0.6 is 0 Å². The minimum Gasteiger partial charge on any atom is -0.480 e. The summed E-state index contributed by atoms with van der Waals surface area (Å²) in [5, 5.41) is 30.0. The van der Waals surface area contributed by atoms with Crippen molar-refractivity contribution >= 4 is 35.6 Å². The summed E-state index contributed by atoms with van der Waals surface area (Å²) in [5.74, 6) is -3.51. The molecule has 2 rings (SSSR count). The Balaban J connectivity index is 2.00. The molecular weight excluding hydrogens is 484 g/mol. The van der Waals surface area contributed by atoms with Gasteiger partial charge in [0, 0.05) is 13.1 Å². The van der Waals surface area contributed by atoms with Crippen LogP contribution in [0.4, 0.5) is 0 Å². The van der Waals surface area contributed by atoms with E-state index in [2.05, 4.69) is 26.6 Å². The number of nitrogens with zero attached hydrogens (tertiary/aromatic N) is 1. The fourth-order valence-electron chi connectivity index (χ4n) is 4.49. The Morgan fingerprint density at radius 1 is 1.08 bits per heavy atom. The van der Waals surface area contributed by atoms with Crippen LogP contribution in [0.1, 0.15) is 52.4 Å². The molecule has 0 spiro atoms. The molecule has 14 nitrogen and oxygen atoms in total. The summed E-state index contributed by atoms with van der Waals surface area (Å²) in [5.41, 5.74) is 5.31. The van der Waals surface area contributed by atoms with Gasteiger partial charge in [0.15, 0.2) is 5.96 Å². The van der Waals surface area contributed by atoms with Gasteiger partial charge in [-0.1, -0.05) is 13.8 Å². The van der Waals surface area contributed by atoms with Gasteiger partial charge >= 0.3 is 5.97 Å². The highest BCUT2D eigenvalue weighted by molar-refractivity contribution is 5.95. The molecule has 0 aromatic rings. The van der Waals surface area contributed by atoms with Crippen LogP contribution in [0.2, 0.25) is 0 Å². The van der Waals surface area contributed by atoms with Gasteiger partial charge in [-0.2, -0.15) is 0 Å². The summed E-state index contributed by atoms with van der Waals surface area (Å²) in [6.07, 6.45) is 3.28. The third-order valence-corrected chi connectivity index (χ3v) is 6.49. The van der Waals surface area contributed by atoms with Gasteiger partial charge in [-0.3, -0.25) is 24.6 Å². The normalized spacial score (nSPS) is 20.7. The van der Waals surface area contributed by atoms with E-state index in [9.17, 15) is 29.1 Å². The monoisotopic (exact) mass is 524 g/mol. The van der Waals surface area contributed by atoms with E-state index in [1.165, 1.54) is 4.90 Å². The maximum absolute atomic E-state index is 13.5. The number of carboxylic acid groups (broad SMARTS) is 1. The number of carbonyl (C=O) groups is 5. The molecule has 0 aliphatic carbocycles. The van der Waals surface area contributed by atoms with Crippen molar-refractivity contribution in [3.63, 3.8) is 0 Å². The molecule has 2 aliphatic heterocycles. The number of guanidine groups is 1. The van der Waals surface area contributed by atoms with Gasteiger partial charge in [0.25, 0.3) is 0 Å². The first-order valence-corrected chi connectivity index (χ1v) is 12.7. The fourth-order valence-corrected chi connectivity index (χ4v) is 4.49. The highest BCUT2D eigenvalue weighted by Gasteiger charge is 2.38. The van der Waals surface area contributed by atoms with Crippen molar-refractivity contribution in [3.8, 4) is 0 Å². The number of aliphatic carboxylic acids is 1. The molecule has 4 amide bonds. The van der Waals surface area contributed by atoms with Crippen LogP contribution in [-0.2, 0) is 24.0 Å². The zero-order valence-corrected chi connectivity index (χ0v) is 21.5. The maximum atomic E-state index is 13.5. The van der Waals surface area contributed by atoms with Crippen molar-refractivity contribution < 1.29 is 29.1 Å². The number of carbonyl (C=O) groups excluding carboxylic acids is 4. The molecule has 9 N–H and O–H groups in total. The van der Waals surface area contributed by atoms with E-state index in [1.807, 2.05) is 0 Å². The summed E-state index contributed by atoms with van der Waals surface area (Å²) in [4.78, 5) is 63.9. The van der Waals surface area contributed by atoms with Gasteiger partial charge in [-0.05, 0) is 51.0 Å². The molecular formula is C23H40N8O6. The first-order valence-electron chi connectivity index (χ1n) is 12.7. The Kier molecular flexibility index (Phi) is 11.6. The average Bonchev–Trinajstić information content (AvgIpc) is 3.54. The van der Waals surface area contributed by atoms with Crippen LogP contribution in [0.5, 0.6) is 0 Å². The van der Waals surface area contributed by atoms with E-state index in [4.69, 9.17) is 11.1 Å². The molecule has 4 atom stereocenters. The van der Waals surface area contributed by atoms with Gasteiger partial charge in [0.2, 0.25) is 23.6 Å². The number of nitrogens with two attached hydrogens (primary N) is 1. The lowest BCUT2D eigenvalue weighted by Crippen LogP contribution is -2.56. The minimum atomic E-state index is -1.17. The van der Waals surface area contributed by atoms with E-state index in [1.54, 1.807) is 13.8 Å². The molecule has 2 fully saturated rings. The second kappa shape index (κ2) is 14.4. The van der Waals surface area contributed by atoms with Crippen molar-refractivity contribution in [2.45, 2.75) is 76.5 Å². The van der Waals surface area contributed by atoms with Crippen LogP contribution in [0.15, 0.2) is 0 Å².